The predicted molar refractivity (Wildman–Crippen MR) is 53.9 cm³/mol. The second-order valence-electron chi connectivity index (χ2n) is 3.28. The molecule has 0 aliphatic rings. The Morgan fingerprint density at radius 3 is 3.00 bits per heavy atom. The Balaban J connectivity index is 2.66. The van der Waals surface area contributed by atoms with Crippen molar-refractivity contribution in [2.24, 2.45) is 0 Å². The molecule has 14 heavy (non-hydrogen) atoms. The van der Waals surface area contributed by atoms with E-state index in [1.54, 1.807) is 10.7 Å². The summed E-state index contributed by atoms with van der Waals surface area (Å²) < 4.78 is 1.78. The van der Waals surface area contributed by atoms with Crippen LogP contribution >= 0.6 is 0 Å². The number of fused-ring (bicyclic) bond motifs is 1. The van der Waals surface area contributed by atoms with E-state index in [4.69, 9.17) is 5.73 Å². The lowest BCUT2D eigenvalue weighted by Crippen LogP contribution is -2.03. The van der Waals surface area contributed by atoms with E-state index < -0.39 is 0 Å². The van der Waals surface area contributed by atoms with Gasteiger partial charge in [-0.1, -0.05) is 6.92 Å². The van der Waals surface area contributed by atoms with Crippen molar-refractivity contribution in [2.75, 3.05) is 5.73 Å². The van der Waals surface area contributed by atoms with Crippen LogP contribution in [-0.2, 0) is 6.42 Å². The first-order valence-electron chi connectivity index (χ1n) is 4.69. The average molecular weight is 191 g/mol. The van der Waals surface area contributed by atoms with Crippen LogP contribution in [0.4, 0.5) is 5.95 Å². The third-order valence-electron chi connectivity index (χ3n) is 2.14. The highest BCUT2D eigenvalue weighted by molar-refractivity contribution is 5.50. The number of anilines is 1. The minimum Gasteiger partial charge on any atom is -0.367 e. The molecule has 0 saturated heterocycles. The lowest BCUT2D eigenvalue weighted by molar-refractivity contribution is 0.770. The van der Waals surface area contributed by atoms with E-state index in [9.17, 15) is 0 Å². The third kappa shape index (κ3) is 1.30. The maximum absolute atomic E-state index is 5.53. The Morgan fingerprint density at radius 2 is 2.29 bits per heavy atom. The van der Waals surface area contributed by atoms with Crippen LogP contribution < -0.4 is 5.73 Å². The summed E-state index contributed by atoms with van der Waals surface area (Å²) in [7, 11) is 0. The molecule has 0 fully saturated rings. The minimum atomic E-state index is 0.284. The molecule has 2 aromatic heterocycles. The Bertz CT molecular complexity index is 459. The van der Waals surface area contributed by atoms with Gasteiger partial charge in [0.05, 0.1) is 11.9 Å². The van der Waals surface area contributed by atoms with Gasteiger partial charge in [0, 0.05) is 6.42 Å². The maximum Gasteiger partial charge on any atom is 0.238 e. The van der Waals surface area contributed by atoms with Crippen LogP contribution in [0.3, 0.4) is 0 Å². The highest BCUT2D eigenvalue weighted by atomic mass is 15.3. The van der Waals surface area contributed by atoms with Gasteiger partial charge in [-0.3, -0.25) is 0 Å². The second-order valence-corrected chi connectivity index (χ2v) is 3.28. The minimum absolute atomic E-state index is 0.284. The fourth-order valence-corrected chi connectivity index (χ4v) is 1.49. The lowest BCUT2D eigenvalue weighted by atomic mass is 10.3. The van der Waals surface area contributed by atoms with Crippen molar-refractivity contribution in [3.8, 4) is 0 Å². The van der Waals surface area contributed by atoms with Crippen molar-refractivity contribution < 1.29 is 0 Å². The second kappa shape index (κ2) is 3.25. The van der Waals surface area contributed by atoms with E-state index in [-0.39, 0.29) is 5.95 Å². The van der Waals surface area contributed by atoms with Crippen LogP contribution in [0.25, 0.3) is 5.52 Å². The Kier molecular flexibility index (Phi) is 2.07. The molecule has 5 nitrogen and oxygen atoms in total. The molecular formula is C9H13N5. The number of aryl methyl sites for hydroxylation is 2. The van der Waals surface area contributed by atoms with Gasteiger partial charge in [-0.2, -0.15) is 0 Å². The van der Waals surface area contributed by atoms with Crippen LogP contribution in [-0.4, -0.2) is 19.6 Å². The molecule has 0 unspecified atom stereocenters. The van der Waals surface area contributed by atoms with Crippen molar-refractivity contribution in [3.05, 3.63) is 17.7 Å². The molecule has 0 aliphatic heterocycles. The Morgan fingerprint density at radius 1 is 1.50 bits per heavy atom. The predicted octanol–water partition coefficient (Wildman–Crippen LogP) is 0.967. The summed E-state index contributed by atoms with van der Waals surface area (Å²) in [5, 5.41) is 4.14. The number of hydrogen-bond acceptors (Lipinski definition) is 4. The number of nitrogens with zero attached hydrogens (tertiary/aromatic N) is 4. The molecule has 2 heterocycles. The van der Waals surface area contributed by atoms with Crippen molar-refractivity contribution in [2.45, 2.75) is 26.7 Å². The topological polar surface area (TPSA) is 69.1 Å². The quantitative estimate of drug-likeness (QED) is 0.767. The number of nitrogen functional groups attached to an aromatic ring is 1. The molecule has 2 aromatic rings. The summed E-state index contributed by atoms with van der Waals surface area (Å²) in [4.78, 5) is 8.37. The molecule has 0 atom stereocenters. The van der Waals surface area contributed by atoms with Crippen LogP contribution in [0.15, 0.2) is 6.20 Å². The summed E-state index contributed by atoms with van der Waals surface area (Å²) in [5.41, 5.74) is 7.41. The van der Waals surface area contributed by atoms with E-state index in [0.29, 0.717) is 0 Å². The summed E-state index contributed by atoms with van der Waals surface area (Å²) in [6, 6.07) is 0. The van der Waals surface area contributed by atoms with Gasteiger partial charge in [0.1, 0.15) is 11.3 Å². The van der Waals surface area contributed by atoms with Gasteiger partial charge in [-0.15, -0.1) is 5.10 Å². The number of imidazole rings is 1. The Labute approximate surface area is 82.0 Å². The van der Waals surface area contributed by atoms with E-state index in [2.05, 4.69) is 22.0 Å². The molecule has 2 N–H and O–H groups in total. The van der Waals surface area contributed by atoms with Gasteiger partial charge in [-0.25, -0.2) is 14.5 Å². The first kappa shape index (κ1) is 8.93. The van der Waals surface area contributed by atoms with Crippen LogP contribution in [0.5, 0.6) is 0 Å². The average Bonchev–Trinajstić information content (AvgIpc) is 2.44. The van der Waals surface area contributed by atoms with Crippen molar-refractivity contribution in [1.29, 1.82) is 0 Å². The van der Waals surface area contributed by atoms with E-state index in [1.165, 1.54) is 0 Å². The summed E-state index contributed by atoms with van der Waals surface area (Å²) in [6.07, 6.45) is 3.66. The maximum atomic E-state index is 5.53. The normalized spacial score (nSPS) is 11.0. The monoisotopic (exact) mass is 191 g/mol. The van der Waals surface area contributed by atoms with Gasteiger partial charge in [0.15, 0.2) is 0 Å². The standard InChI is InChI=1S/C9H13N5/c1-3-4-8-12-6(2)7-5-11-9(10)13-14(7)8/h5H,3-4H2,1-2H3,(H2,10,13). The van der Waals surface area contributed by atoms with Gasteiger partial charge in [0.2, 0.25) is 5.95 Å². The van der Waals surface area contributed by atoms with Crippen molar-refractivity contribution in [3.63, 3.8) is 0 Å². The summed E-state index contributed by atoms with van der Waals surface area (Å²) >= 11 is 0. The molecule has 0 spiro atoms. The largest absolute Gasteiger partial charge is 0.367 e. The van der Waals surface area contributed by atoms with Crippen LogP contribution in [0.1, 0.15) is 24.9 Å². The molecule has 0 aromatic carbocycles. The van der Waals surface area contributed by atoms with Gasteiger partial charge >= 0.3 is 0 Å². The van der Waals surface area contributed by atoms with Gasteiger partial charge in [-0.05, 0) is 13.3 Å². The highest BCUT2D eigenvalue weighted by Crippen LogP contribution is 2.11. The molecule has 2 rings (SSSR count). The number of rotatable bonds is 2. The summed E-state index contributed by atoms with van der Waals surface area (Å²) in [6.45, 7) is 4.06. The van der Waals surface area contributed by atoms with E-state index in [0.717, 1.165) is 29.9 Å². The smallest absolute Gasteiger partial charge is 0.238 e. The fraction of sp³-hybridized carbons (Fsp3) is 0.444. The van der Waals surface area contributed by atoms with Crippen LogP contribution in [0.2, 0.25) is 0 Å². The van der Waals surface area contributed by atoms with Gasteiger partial charge in [0.25, 0.3) is 0 Å². The zero-order valence-electron chi connectivity index (χ0n) is 8.36. The number of nitrogens with two attached hydrogens (primary N) is 1. The zero-order valence-corrected chi connectivity index (χ0v) is 8.36. The molecule has 0 bridgehead atoms. The lowest BCUT2D eigenvalue weighted by Gasteiger charge is -1.98. The highest BCUT2D eigenvalue weighted by Gasteiger charge is 2.08. The molecule has 0 radical (unpaired) electrons. The van der Waals surface area contributed by atoms with Crippen LogP contribution in [0, 0.1) is 6.92 Å². The molecule has 0 saturated carbocycles. The molecule has 74 valence electrons. The zero-order chi connectivity index (χ0) is 10.1. The Hall–Kier alpha value is -1.65. The molecule has 0 amide bonds. The van der Waals surface area contributed by atoms with Crippen molar-refractivity contribution in [1.82, 2.24) is 19.6 Å². The molecule has 5 heteroatoms. The third-order valence-corrected chi connectivity index (χ3v) is 2.14. The molecule has 0 aliphatic carbocycles. The number of aromatic nitrogens is 4. The number of hydrogen-bond donors (Lipinski definition) is 1. The first-order valence-corrected chi connectivity index (χ1v) is 4.69. The fourth-order valence-electron chi connectivity index (χ4n) is 1.49. The van der Waals surface area contributed by atoms with Gasteiger partial charge < -0.3 is 5.73 Å². The SMILES string of the molecule is CCCc1nc(C)c2cnc(N)nn12. The van der Waals surface area contributed by atoms with E-state index in [1.807, 2.05) is 6.92 Å². The van der Waals surface area contributed by atoms with Crippen molar-refractivity contribution >= 4 is 11.5 Å². The summed E-state index contributed by atoms with van der Waals surface area (Å²) in [5.74, 6) is 1.24. The first-order chi connectivity index (χ1) is 6.72. The molecular weight excluding hydrogens is 178 g/mol. The van der Waals surface area contributed by atoms with E-state index >= 15 is 0 Å².